The van der Waals surface area contributed by atoms with Gasteiger partial charge in [-0.3, -0.25) is 0 Å². The third-order valence-electron chi connectivity index (χ3n) is 1.23. The van der Waals surface area contributed by atoms with E-state index in [1.807, 2.05) is 6.07 Å². The number of hydrogen-bond acceptors (Lipinski definition) is 3. The molecule has 0 fully saturated rings. The second kappa shape index (κ2) is 3.56. The van der Waals surface area contributed by atoms with Crippen LogP contribution in [0.15, 0.2) is 37.4 Å². The van der Waals surface area contributed by atoms with Gasteiger partial charge in [-0.25, -0.2) is 0 Å². The first-order chi connectivity index (χ1) is 5.47. The van der Waals surface area contributed by atoms with Crippen molar-refractivity contribution in [3.05, 3.63) is 30.3 Å². The van der Waals surface area contributed by atoms with Gasteiger partial charge in [0.25, 0.3) is 0 Å². The summed E-state index contributed by atoms with van der Waals surface area (Å²) < 4.78 is 9.81. The molecule has 0 saturated carbocycles. The minimum atomic E-state index is -1.17. The van der Waals surface area contributed by atoms with Crippen LogP contribution in [0.4, 0.5) is 0 Å². The van der Waals surface area contributed by atoms with Gasteiger partial charge in [-0.2, -0.15) is 0 Å². The van der Waals surface area contributed by atoms with Gasteiger partial charge in [0.2, 0.25) is 0 Å². The summed E-state index contributed by atoms with van der Waals surface area (Å²) in [6.45, 7) is 0. The molecule has 2 nitrogen and oxygen atoms in total. The number of benzene rings is 1. The van der Waals surface area contributed by atoms with Crippen molar-refractivity contribution < 1.29 is 0 Å². The van der Waals surface area contributed by atoms with Gasteiger partial charge < -0.3 is 0 Å². The van der Waals surface area contributed by atoms with E-state index < -0.39 is 13.7 Å². The summed E-state index contributed by atoms with van der Waals surface area (Å²) in [5, 5.41) is 0. The average Bonchev–Trinajstić information content (AvgIpc) is 2.58. The van der Waals surface area contributed by atoms with Crippen molar-refractivity contribution in [1.29, 1.82) is 0 Å². The molecule has 5 heteroatoms. The zero-order chi connectivity index (χ0) is 7.52. The van der Waals surface area contributed by atoms with Crippen molar-refractivity contribution in [1.82, 2.24) is 0 Å². The molecule has 0 aromatic heterocycles. The molecule has 0 N–H and O–H groups in total. The third kappa shape index (κ3) is 1.75. The van der Waals surface area contributed by atoms with Gasteiger partial charge in [0.05, 0.1) is 0 Å². The van der Waals surface area contributed by atoms with Crippen LogP contribution < -0.4 is 4.35 Å². The fourth-order valence-electron chi connectivity index (χ4n) is 0.759. The Bertz CT molecular complexity index is 308. The zero-order valence-corrected chi connectivity index (χ0v) is 9.05. The van der Waals surface area contributed by atoms with Gasteiger partial charge in [0.15, 0.2) is 0 Å². The Hall–Kier alpha value is -0.0516. The van der Waals surface area contributed by atoms with Crippen LogP contribution in [-0.4, -0.2) is 13.7 Å². The zero-order valence-electron chi connectivity index (χ0n) is 5.54. The molecule has 0 bridgehead atoms. The summed E-state index contributed by atoms with van der Waals surface area (Å²) in [6.07, 6.45) is 0. The van der Waals surface area contributed by atoms with Gasteiger partial charge >= 0.3 is 77.0 Å². The molecule has 1 heterocycles. The topological polar surface area (TPSA) is 24.7 Å². The van der Waals surface area contributed by atoms with E-state index in [0.29, 0.717) is 0 Å². The first-order valence-electron chi connectivity index (χ1n) is 3.06. The van der Waals surface area contributed by atoms with E-state index in [2.05, 4.69) is 31.3 Å². The van der Waals surface area contributed by atoms with Crippen LogP contribution in [0.1, 0.15) is 0 Å². The Morgan fingerprint density at radius 3 is 2.64 bits per heavy atom. The van der Waals surface area contributed by atoms with Crippen LogP contribution in [0.3, 0.4) is 0 Å². The fraction of sp³-hybridized carbons (Fsp3) is 0. The quantitative estimate of drug-likeness (QED) is 0.542. The predicted molar refractivity (Wildman–Crippen MR) is 51.6 cm³/mol. The molecule has 1 aromatic rings. The molecule has 1 aliphatic heterocycles. The van der Waals surface area contributed by atoms with Crippen LogP contribution in [0.5, 0.6) is 0 Å². The van der Waals surface area contributed by atoms with E-state index >= 15 is 0 Å². The summed E-state index contributed by atoms with van der Waals surface area (Å²) in [7, 11) is 1.66. The van der Waals surface area contributed by atoms with Crippen molar-refractivity contribution in [2.45, 2.75) is 0 Å². The van der Waals surface area contributed by atoms with Crippen LogP contribution in [0.25, 0.3) is 0 Å². The SMILES string of the molecule is c1ccc([As]2N=S=NS2)cc1. The molecule has 56 valence electrons. The average molecular weight is 244 g/mol. The molecular weight excluding hydrogens is 239 g/mol. The van der Waals surface area contributed by atoms with Crippen LogP contribution in [0, 0.1) is 0 Å². The number of hydrogen-bond donors (Lipinski definition) is 0. The molecule has 0 saturated heterocycles. The van der Waals surface area contributed by atoms with Crippen molar-refractivity contribution in [3.63, 3.8) is 0 Å². The van der Waals surface area contributed by atoms with Gasteiger partial charge in [0.1, 0.15) is 0 Å². The Kier molecular flexibility index (Phi) is 2.46. The monoisotopic (exact) mass is 244 g/mol. The Balaban J connectivity index is 2.25. The molecule has 0 amide bonds. The Morgan fingerprint density at radius 2 is 2.00 bits per heavy atom. The van der Waals surface area contributed by atoms with Gasteiger partial charge in [-0.05, 0) is 0 Å². The molecule has 1 aromatic carbocycles. The molecule has 0 spiro atoms. The molecule has 1 unspecified atom stereocenters. The van der Waals surface area contributed by atoms with Crippen molar-refractivity contribution in [3.8, 4) is 0 Å². The summed E-state index contributed by atoms with van der Waals surface area (Å²) in [5.41, 5.74) is 0. The Labute approximate surface area is 76.9 Å². The van der Waals surface area contributed by atoms with E-state index in [-0.39, 0.29) is 0 Å². The minimum absolute atomic E-state index is 1.17. The molecule has 0 aliphatic carbocycles. The summed E-state index contributed by atoms with van der Waals surface area (Å²) in [6, 6.07) is 10.4. The van der Waals surface area contributed by atoms with Crippen LogP contribution in [-0.2, 0) is 11.4 Å². The summed E-state index contributed by atoms with van der Waals surface area (Å²) >= 11 is 0.188. The van der Waals surface area contributed by atoms with Crippen LogP contribution >= 0.6 is 10.2 Å². The molecule has 0 radical (unpaired) electrons. The summed E-state index contributed by atoms with van der Waals surface area (Å²) in [5.74, 6) is 0. The van der Waals surface area contributed by atoms with Crippen molar-refractivity contribution in [2.75, 3.05) is 0 Å². The van der Waals surface area contributed by atoms with Crippen LogP contribution in [0.2, 0.25) is 0 Å². The van der Waals surface area contributed by atoms with Gasteiger partial charge in [-0.1, -0.05) is 0 Å². The second-order valence-corrected chi connectivity index (χ2v) is 9.10. The predicted octanol–water partition coefficient (Wildman–Crippen LogP) is 1.49. The van der Waals surface area contributed by atoms with Gasteiger partial charge in [0, 0.05) is 0 Å². The van der Waals surface area contributed by atoms with E-state index in [0.717, 1.165) is 0 Å². The maximum atomic E-state index is 4.36. The van der Waals surface area contributed by atoms with Crippen molar-refractivity contribution >= 4 is 39.6 Å². The second-order valence-electron chi connectivity index (χ2n) is 1.93. The third-order valence-corrected chi connectivity index (χ3v) is 9.45. The van der Waals surface area contributed by atoms with Gasteiger partial charge in [-0.15, -0.1) is 0 Å². The van der Waals surface area contributed by atoms with E-state index in [9.17, 15) is 0 Å². The standard InChI is InChI=1S/C6H5AsN2S2/c1-2-4-6(5-3-1)7-8-11-9-10-7/h1-5H. The molecule has 11 heavy (non-hydrogen) atoms. The number of nitrogens with zero attached hydrogens (tertiary/aromatic N) is 2. The van der Waals surface area contributed by atoms with E-state index in [1.54, 1.807) is 10.2 Å². The maximum absolute atomic E-state index is 4.36. The molecule has 1 aliphatic rings. The summed E-state index contributed by atoms with van der Waals surface area (Å²) in [4.78, 5) is 0. The number of rotatable bonds is 1. The first kappa shape index (κ1) is 7.59. The molecule has 1 atom stereocenters. The van der Waals surface area contributed by atoms with Crippen molar-refractivity contribution in [2.24, 2.45) is 7.05 Å². The Morgan fingerprint density at radius 1 is 1.18 bits per heavy atom. The normalized spacial score (nSPS) is 21.6. The van der Waals surface area contributed by atoms with E-state index in [1.165, 1.54) is 15.7 Å². The molecule has 2 rings (SSSR count). The first-order valence-corrected chi connectivity index (χ1v) is 8.60. The molecular formula is C6H5AsN2S2. The fourth-order valence-corrected chi connectivity index (χ4v) is 8.10. The van der Waals surface area contributed by atoms with E-state index in [4.69, 9.17) is 0 Å².